The van der Waals surface area contributed by atoms with Gasteiger partial charge in [-0.1, -0.05) is 0 Å². The topological polar surface area (TPSA) is 39.3 Å². The van der Waals surface area contributed by atoms with Crippen LogP contribution in [0.4, 0.5) is 0 Å². The van der Waals surface area contributed by atoms with Crippen molar-refractivity contribution in [2.24, 2.45) is 0 Å². The first-order valence-corrected chi connectivity index (χ1v) is 4.86. The molecule has 1 fully saturated rings. The predicted octanol–water partition coefficient (Wildman–Crippen LogP) is 0.971. The minimum Gasteiger partial charge on any atom is -0.395 e. The highest BCUT2D eigenvalue weighted by Crippen LogP contribution is 2.19. The molecule has 0 unspecified atom stereocenters. The molecule has 72 valence electrons. The standard InChI is InChI=1S/C10H16N2O/c13-8-10-2-1-5-12(10)7-9-3-4-11-6-9/h3-4,6,10-11,13H,1-2,5,7-8H2/t10-/m0/s1. The number of hydrogen-bond donors (Lipinski definition) is 2. The van der Waals surface area contributed by atoms with Gasteiger partial charge < -0.3 is 10.1 Å². The molecule has 0 bridgehead atoms. The second-order valence-corrected chi connectivity index (χ2v) is 3.67. The molecule has 0 aromatic carbocycles. The van der Waals surface area contributed by atoms with E-state index in [4.69, 9.17) is 5.11 Å². The van der Waals surface area contributed by atoms with Gasteiger partial charge in [-0.3, -0.25) is 4.90 Å². The fraction of sp³-hybridized carbons (Fsp3) is 0.600. The summed E-state index contributed by atoms with van der Waals surface area (Å²) in [4.78, 5) is 5.40. The van der Waals surface area contributed by atoms with Crippen molar-refractivity contribution in [2.45, 2.75) is 25.4 Å². The summed E-state index contributed by atoms with van der Waals surface area (Å²) in [5.41, 5.74) is 1.31. The molecule has 1 aromatic heterocycles. The Bertz CT molecular complexity index is 245. The lowest BCUT2D eigenvalue weighted by atomic mass is 10.2. The summed E-state index contributed by atoms with van der Waals surface area (Å²) < 4.78 is 0. The van der Waals surface area contributed by atoms with E-state index in [9.17, 15) is 0 Å². The van der Waals surface area contributed by atoms with Crippen LogP contribution in [0.15, 0.2) is 18.5 Å². The molecular weight excluding hydrogens is 164 g/mol. The van der Waals surface area contributed by atoms with Crippen LogP contribution in [0.5, 0.6) is 0 Å². The first-order valence-electron chi connectivity index (χ1n) is 4.86. The van der Waals surface area contributed by atoms with Gasteiger partial charge in [-0.05, 0) is 31.0 Å². The Hall–Kier alpha value is -0.800. The van der Waals surface area contributed by atoms with Gasteiger partial charge in [-0.25, -0.2) is 0 Å². The van der Waals surface area contributed by atoms with Gasteiger partial charge in [0.2, 0.25) is 0 Å². The fourth-order valence-electron chi connectivity index (χ4n) is 2.00. The van der Waals surface area contributed by atoms with Crippen LogP contribution in [0.2, 0.25) is 0 Å². The number of aromatic amines is 1. The van der Waals surface area contributed by atoms with Crippen molar-refractivity contribution in [2.75, 3.05) is 13.2 Å². The van der Waals surface area contributed by atoms with E-state index in [2.05, 4.69) is 16.0 Å². The minimum absolute atomic E-state index is 0.296. The largest absolute Gasteiger partial charge is 0.395 e. The summed E-state index contributed by atoms with van der Waals surface area (Å²) in [6.45, 7) is 2.38. The third-order valence-corrected chi connectivity index (χ3v) is 2.76. The van der Waals surface area contributed by atoms with Gasteiger partial charge in [-0.15, -0.1) is 0 Å². The van der Waals surface area contributed by atoms with E-state index < -0.39 is 0 Å². The number of aliphatic hydroxyl groups is 1. The monoisotopic (exact) mass is 180 g/mol. The van der Waals surface area contributed by atoms with Crippen LogP contribution < -0.4 is 0 Å². The van der Waals surface area contributed by atoms with E-state index in [0.29, 0.717) is 12.6 Å². The maximum atomic E-state index is 9.12. The van der Waals surface area contributed by atoms with E-state index in [0.717, 1.165) is 19.5 Å². The van der Waals surface area contributed by atoms with E-state index in [-0.39, 0.29) is 0 Å². The second-order valence-electron chi connectivity index (χ2n) is 3.67. The Labute approximate surface area is 78.4 Å². The average Bonchev–Trinajstić information content (AvgIpc) is 2.76. The Kier molecular flexibility index (Phi) is 2.66. The van der Waals surface area contributed by atoms with Gasteiger partial charge in [0.15, 0.2) is 0 Å². The van der Waals surface area contributed by atoms with E-state index in [1.54, 1.807) is 0 Å². The maximum Gasteiger partial charge on any atom is 0.0587 e. The first kappa shape index (κ1) is 8.78. The summed E-state index contributed by atoms with van der Waals surface area (Å²) in [7, 11) is 0. The van der Waals surface area contributed by atoms with Gasteiger partial charge in [-0.2, -0.15) is 0 Å². The fourth-order valence-corrected chi connectivity index (χ4v) is 2.00. The number of aliphatic hydroxyl groups excluding tert-OH is 1. The van der Waals surface area contributed by atoms with Gasteiger partial charge in [0, 0.05) is 25.0 Å². The van der Waals surface area contributed by atoms with Crippen LogP contribution in [0.3, 0.4) is 0 Å². The van der Waals surface area contributed by atoms with Crippen molar-refractivity contribution in [3.8, 4) is 0 Å². The Morgan fingerprint density at radius 1 is 1.62 bits per heavy atom. The molecule has 2 heterocycles. The third kappa shape index (κ3) is 1.92. The molecule has 3 heteroatoms. The number of nitrogens with one attached hydrogen (secondary N) is 1. The molecule has 0 saturated carbocycles. The quantitative estimate of drug-likeness (QED) is 0.727. The van der Waals surface area contributed by atoms with Gasteiger partial charge in [0.05, 0.1) is 6.61 Å². The van der Waals surface area contributed by atoms with Crippen LogP contribution in [0.25, 0.3) is 0 Å². The van der Waals surface area contributed by atoms with E-state index in [1.165, 1.54) is 12.0 Å². The number of likely N-dealkylation sites (tertiary alicyclic amines) is 1. The molecule has 0 radical (unpaired) electrons. The van der Waals surface area contributed by atoms with Crippen molar-refractivity contribution in [3.05, 3.63) is 24.0 Å². The first-order chi connectivity index (χ1) is 6.40. The Balaban J connectivity index is 1.94. The molecule has 13 heavy (non-hydrogen) atoms. The lowest BCUT2D eigenvalue weighted by Gasteiger charge is -2.21. The minimum atomic E-state index is 0.296. The highest BCUT2D eigenvalue weighted by atomic mass is 16.3. The zero-order chi connectivity index (χ0) is 9.10. The van der Waals surface area contributed by atoms with Crippen LogP contribution in [-0.4, -0.2) is 34.2 Å². The normalized spacial score (nSPS) is 23.9. The van der Waals surface area contributed by atoms with Crippen LogP contribution >= 0.6 is 0 Å². The zero-order valence-electron chi connectivity index (χ0n) is 7.74. The summed E-state index contributed by atoms with van der Waals surface area (Å²) in [5, 5.41) is 9.12. The van der Waals surface area contributed by atoms with Crippen LogP contribution in [0.1, 0.15) is 18.4 Å². The van der Waals surface area contributed by atoms with Gasteiger partial charge in [0.25, 0.3) is 0 Å². The van der Waals surface area contributed by atoms with Crippen molar-refractivity contribution >= 4 is 0 Å². The van der Waals surface area contributed by atoms with Gasteiger partial charge >= 0.3 is 0 Å². The summed E-state index contributed by atoms with van der Waals surface area (Å²) in [6, 6.07) is 2.47. The molecule has 1 saturated heterocycles. The number of nitrogens with zero attached hydrogens (tertiary/aromatic N) is 1. The summed E-state index contributed by atoms with van der Waals surface area (Å²) in [5.74, 6) is 0. The van der Waals surface area contributed by atoms with E-state index in [1.807, 2.05) is 12.4 Å². The lowest BCUT2D eigenvalue weighted by Crippen LogP contribution is -2.31. The van der Waals surface area contributed by atoms with Crippen LogP contribution in [0, 0.1) is 0 Å². The second kappa shape index (κ2) is 3.94. The highest BCUT2D eigenvalue weighted by molar-refractivity contribution is 5.08. The summed E-state index contributed by atoms with van der Waals surface area (Å²) in [6.07, 6.45) is 6.32. The Morgan fingerprint density at radius 2 is 2.54 bits per heavy atom. The Morgan fingerprint density at radius 3 is 3.23 bits per heavy atom. The number of hydrogen-bond acceptors (Lipinski definition) is 2. The van der Waals surface area contributed by atoms with Gasteiger partial charge in [0.1, 0.15) is 0 Å². The maximum absolute atomic E-state index is 9.12. The SMILES string of the molecule is OC[C@@H]1CCCN1Cc1cc[nH]c1. The molecule has 3 nitrogen and oxygen atoms in total. The molecule has 0 amide bonds. The molecule has 2 rings (SSSR count). The molecule has 2 N–H and O–H groups in total. The smallest absolute Gasteiger partial charge is 0.0587 e. The molecule has 1 aliphatic heterocycles. The average molecular weight is 180 g/mol. The number of rotatable bonds is 3. The zero-order valence-corrected chi connectivity index (χ0v) is 7.74. The molecule has 1 aliphatic rings. The number of aromatic nitrogens is 1. The van der Waals surface area contributed by atoms with Crippen molar-refractivity contribution in [1.82, 2.24) is 9.88 Å². The summed E-state index contributed by atoms with van der Waals surface area (Å²) >= 11 is 0. The van der Waals surface area contributed by atoms with Crippen molar-refractivity contribution in [1.29, 1.82) is 0 Å². The van der Waals surface area contributed by atoms with Crippen LogP contribution in [-0.2, 0) is 6.54 Å². The van der Waals surface area contributed by atoms with Crippen molar-refractivity contribution < 1.29 is 5.11 Å². The molecule has 1 atom stereocenters. The predicted molar refractivity (Wildman–Crippen MR) is 51.3 cm³/mol. The van der Waals surface area contributed by atoms with E-state index >= 15 is 0 Å². The highest BCUT2D eigenvalue weighted by Gasteiger charge is 2.23. The third-order valence-electron chi connectivity index (χ3n) is 2.76. The molecular formula is C10H16N2O. The van der Waals surface area contributed by atoms with Crippen molar-refractivity contribution in [3.63, 3.8) is 0 Å². The number of H-pyrrole nitrogens is 1. The molecule has 0 aliphatic carbocycles. The molecule has 0 spiro atoms. The molecule has 1 aromatic rings. The lowest BCUT2D eigenvalue weighted by molar-refractivity contribution is 0.153.